The highest BCUT2D eigenvalue weighted by molar-refractivity contribution is 5.85. The van der Waals surface area contributed by atoms with Crippen LogP contribution in [0.3, 0.4) is 0 Å². The van der Waals surface area contributed by atoms with Gasteiger partial charge in [0, 0.05) is 38.1 Å². The largest absolute Gasteiger partial charge is 0.401 e. The van der Waals surface area contributed by atoms with Crippen LogP contribution in [-0.2, 0) is 4.79 Å². The van der Waals surface area contributed by atoms with Crippen molar-refractivity contribution in [1.29, 1.82) is 0 Å². The number of piperazine rings is 1. The van der Waals surface area contributed by atoms with Crippen molar-refractivity contribution in [3.05, 3.63) is 0 Å². The van der Waals surface area contributed by atoms with Gasteiger partial charge in [-0.3, -0.25) is 9.69 Å². The highest BCUT2D eigenvalue weighted by Gasteiger charge is 2.34. The van der Waals surface area contributed by atoms with Crippen LogP contribution in [-0.4, -0.2) is 60.6 Å². The van der Waals surface area contributed by atoms with Crippen LogP contribution in [0.2, 0.25) is 0 Å². The summed E-state index contributed by atoms with van der Waals surface area (Å²) < 4.78 is 36.9. The second kappa shape index (κ2) is 9.15. The van der Waals surface area contributed by atoms with Crippen molar-refractivity contribution in [2.45, 2.75) is 37.9 Å². The lowest BCUT2D eigenvalue weighted by Gasteiger charge is -2.37. The first-order valence-electron chi connectivity index (χ1n) is 7.18. The molecular weight excluding hydrogens is 342 g/mol. The molecule has 1 saturated carbocycles. The number of carbonyl (C=O) groups is 1. The van der Waals surface area contributed by atoms with E-state index in [1.807, 2.05) is 0 Å². The van der Waals surface area contributed by atoms with Crippen molar-refractivity contribution in [2.24, 2.45) is 11.7 Å². The molecule has 1 aliphatic heterocycles. The van der Waals surface area contributed by atoms with Crippen LogP contribution >= 0.6 is 24.8 Å². The van der Waals surface area contributed by atoms with Gasteiger partial charge in [0.05, 0.1) is 6.54 Å². The van der Waals surface area contributed by atoms with Gasteiger partial charge >= 0.3 is 6.18 Å². The van der Waals surface area contributed by atoms with Gasteiger partial charge in [-0.05, 0) is 19.3 Å². The van der Waals surface area contributed by atoms with Crippen molar-refractivity contribution in [1.82, 2.24) is 9.80 Å². The van der Waals surface area contributed by atoms with Crippen LogP contribution in [0.25, 0.3) is 0 Å². The molecule has 22 heavy (non-hydrogen) atoms. The molecule has 0 aromatic carbocycles. The Hall–Kier alpha value is -0.240. The topological polar surface area (TPSA) is 49.6 Å². The van der Waals surface area contributed by atoms with Gasteiger partial charge in [0.25, 0.3) is 0 Å². The van der Waals surface area contributed by atoms with Gasteiger partial charge in [-0.1, -0.05) is 6.42 Å². The minimum Gasteiger partial charge on any atom is -0.340 e. The number of halogens is 5. The lowest BCUT2D eigenvalue weighted by molar-refractivity contribution is -0.153. The summed E-state index contributed by atoms with van der Waals surface area (Å²) >= 11 is 0. The molecule has 1 amide bonds. The van der Waals surface area contributed by atoms with Gasteiger partial charge in [0.2, 0.25) is 5.91 Å². The van der Waals surface area contributed by atoms with Gasteiger partial charge in [-0.2, -0.15) is 13.2 Å². The summed E-state index contributed by atoms with van der Waals surface area (Å²) in [6, 6.07) is 0.0872. The molecule has 2 atom stereocenters. The third-order valence-corrected chi connectivity index (χ3v) is 4.15. The minimum absolute atomic E-state index is 0. The van der Waals surface area contributed by atoms with E-state index in [1.54, 1.807) is 4.90 Å². The smallest absolute Gasteiger partial charge is 0.340 e. The van der Waals surface area contributed by atoms with Gasteiger partial charge in [-0.25, -0.2) is 0 Å². The van der Waals surface area contributed by atoms with Crippen LogP contribution in [0.5, 0.6) is 0 Å². The summed E-state index contributed by atoms with van der Waals surface area (Å²) in [5.74, 6) is 0.0414. The summed E-state index contributed by atoms with van der Waals surface area (Å²) in [4.78, 5) is 15.4. The maximum absolute atomic E-state index is 12.3. The standard InChI is InChI=1S/C13H22F3N3O.2ClH/c14-13(15,16)9-18-4-6-19(7-5-18)12(20)10-2-1-3-11(17)8-10;;/h10-11H,1-9,17H2;2*1H. The Morgan fingerprint density at radius 3 is 2.18 bits per heavy atom. The Balaban J connectivity index is 0.00000220. The molecule has 0 bridgehead atoms. The highest BCUT2D eigenvalue weighted by atomic mass is 35.5. The van der Waals surface area contributed by atoms with E-state index in [2.05, 4.69) is 0 Å². The molecule has 2 fully saturated rings. The molecule has 132 valence electrons. The second-order valence-corrected chi connectivity index (χ2v) is 5.84. The highest BCUT2D eigenvalue weighted by Crippen LogP contribution is 2.25. The van der Waals surface area contributed by atoms with E-state index in [0.29, 0.717) is 32.6 Å². The van der Waals surface area contributed by atoms with Crippen LogP contribution in [0, 0.1) is 5.92 Å². The molecular formula is C13H24Cl2F3N3O. The fraction of sp³-hybridized carbons (Fsp3) is 0.923. The minimum atomic E-state index is -4.16. The van der Waals surface area contributed by atoms with Gasteiger partial charge in [-0.15, -0.1) is 24.8 Å². The summed E-state index contributed by atoms with van der Waals surface area (Å²) in [5.41, 5.74) is 5.88. The Morgan fingerprint density at radius 1 is 1.09 bits per heavy atom. The van der Waals surface area contributed by atoms with Crippen molar-refractivity contribution in [2.75, 3.05) is 32.7 Å². The fourth-order valence-corrected chi connectivity index (χ4v) is 3.09. The van der Waals surface area contributed by atoms with E-state index in [9.17, 15) is 18.0 Å². The van der Waals surface area contributed by atoms with Crippen LogP contribution < -0.4 is 5.73 Å². The molecule has 2 unspecified atom stereocenters. The molecule has 2 N–H and O–H groups in total. The summed E-state index contributed by atoms with van der Waals surface area (Å²) in [5, 5.41) is 0. The number of nitrogens with two attached hydrogens (primary N) is 1. The first kappa shape index (κ1) is 21.8. The summed E-state index contributed by atoms with van der Waals surface area (Å²) in [7, 11) is 0. The van der Waals surface area contributed by atoms with E-state index >= 15 is 0 Å². The second-order valence-electron chi connectivity index (χ2n) is 5.84. The molecule has 2 aliphatic rings. The number of carbonyl (C=O) groups excluding carboxylic acids is 1. The molecule has 0 aromatic rings. The number of hydrogen-bond acceptors (Lipinski definition) is 3. The number of nitrogens with zero attached hydrogens (tertiary/aromatic N) is 2. The van der Waals surface area contributed by atoms with Crippen LogP contribution in [0.4, 0.5) is 13.2 Å². The van der Waals surface area contributed by atoms with Crippen molar-refractivity contribution >= 4 is 30.7 Å². The monoisotopic (exact) mass is 365 g/mol. The lowest BCUT2D eigenvalue weighted by atomic mass is 9.85. The molecule has 0 radical (unpaired) electrons. The first-order chi connectivity index (χ1) is 9.35. The van der Waals surface area contributed by atoms with E-state index in [4.69, 9.17) is 5.73 Å². The normalized spacial score (nSPS) is 26.8. The molecule has 2 rings (SSSR count). The van der Waals surface area contributed by atoms with E-state index < -0.39 is 12.7 Å². The molecule has 1 aliphatic carbocycles. The first-order valence-corrected chi connectivity index (χ1v) is 7.18. The number of amides is 1. The molecule has 0 spiro atoms. The lowest BCUT2D eigenvalue weighted by Crippen LogP contribution is -2.52. The molecule has 4 nitrogen and oxygen atoms in total. The fourth-order valence-electron chi connectivity index (χ4n) is 3.09. The van der Waals surface area contributed by atoms with E-state index in [1.165, 1.54) is 4.90 Å². The number of hydrogen-bond donors (Lipinski definition) is 1. The predicted molar refractivity (Wildman–Crippen MR) is 83.5 cm³/mol. The molecule has 9 heteroatoms. The van der Waals surface area contributed by atoms with Crippen LogP contribution in [0.15, 0.2) is 0 Å². The van der Waals surface area contributed by atoms with Crippen molar-refractivity contribution < 1.29 is 18.0 Å². The van der Waals surface area contributed by atoms with Gasteiger partial charge in [0.1, 0.15) is 0 Å². The summed E-state index contributed by atoms with van der Waals surface area (Å²) in [6.45, 7) is 0.485. The maximum Gasteiger partial charge on any atom is 0.401 e. The maximum atomic E-state index is 12.3. The zero-order chi connectivity index (χ0) is 14.8. The quantitative estimate of drug-likeness (QED) is 0.814. The molecule has 1 saturated heterocycles. The SMILES string of the molecule is Cl.Cl.NC1CCCC(C(=O)N2CCN(CC(F)(F)F)CC2)C1. The third kappa shape index (κ3) is 6.48. The average molecular weight is 366 g/mol. The Kier molecular flexibility index (Phi) is 9.05. The Bertz CT molecular complexity index is 350. The zero-order valence-corrected chi connectivity index (χ0v) is 14.0. The van der Waals surface area contributed by atoms with E-state index in [-0.39, 0.29) is 42.7 Å². The van der Waals surface area contributed by atoms with E-state index in [0.717, 1.165) is 19.3 Å². The van der Waals surface area contributed by atoms with Gasteiger partial charge in [0.15, 0.2) is 0 Å². The van der Waals surface area contributed by atoms with Crippen LogP contribution in [0.1, 0.15) is 25.7 Å². The van der Waals surface area contributed by atoms with Crippen molar-refractivity contribution in [3.63, 3.8) is 0 Å². The Morgan fingerprint density at radius 2 is 1.68 bits per heavy atom. The Labute approximate surface area is 141 Å². The summed E-state index contributed by atoms with van der Waals surface area (Å²) in [6.07, 6.45) is -0.673. The number of alkyl halides is 3. The number of rotatable bonds is 2. The predicted octanol–water partition coefficient (Wildman–Crippen LogP) is 2.05. The average Bonchev–Trinajstić information content (AvgIpc) is 2.37. The third-order valence-electron chi connectivity index (χ3n) is 4.15. The molecule has 0 aromatic heterocycles. The molecule has 1 heterocycles. The van der Waals surface area contributed by atoms with Gasteiger partial charge < -0.3 is 10.6 Å². The van der Waals surface area contributed by atoms with Crippen molar-refractivity contribution in [3.8, 4) is 0 Å². The zero-order valence-electron chi connectivity index (χ0n) is 12.3.